The standard InChI is InChI=1S/C16H31N3O3S/c1-23(20,21)14-7-5-12(6-8-14)15-3-2-4-16(18-15)17-11-13-9-10-22-19-13/h12-19H,2-11H2,1H3. The minimum absolute atomic E-state index is 0.107. The van der Waals surface area contributed by atoms with Crippen molar-refractivity contribution in [1.29, 1.82) is 0 Å². The van der Waals surface area contributed by atoms with Gasteiger partial charge in [0, 0.05) is 24.9 Å². The Bertz CT molecular complexity index is 471. The predicted molar refractivity (Wildman–Crippen MR) is 90.6 cm³/mol. The van der Waals surface area contributed by atoms with Crippen molar-refractivity contribution in [3.05, 3.63) is 0 Å². The fourth-order valence-corrected chi connectivity index (χ4v) is 5.41. The minimum Gasteiger partial charge on any atom is -0.301 e. The Morgan fingerprint density at radius 2 is 1.87 bits per heavy atom. The van der Waals surface area contributed by atoms with E-state index in [0.29, 0.717) is 24.2 Å². The average Bonchev–Trinajstić information content (AvgIpc) is 3.06. The van der Waals surface area contributed by atoms with E-state index in [1.807, 2.05) is 0 Å². The first-order valence-electron chi connectivity index (χ1n) is 9.08. The second kappa shape index (κ2) is 7.78. The van der Waals surface area contributed by atoms with Gasteiger partial charge in [0.15, 0.2) is 0 Å². The molecule has 2 heterocycles. The highest BCUT2D eigenvalue weighted by Crippen LogP contribution is 2.33. The first-order valence-corrected chi connectivity index (χ1v) is 11.0. The van der Waals surface area contributed by atoms with Crippen molar-refractivity contribution in [2.24, 2.45) is 5.92 Å². The summed E-state index contributed by atoms with van der Waals surface area (Å²) in [6.45, 7) is 1.74. The smallest absolute Gasteiger partial charge is 0.150 e. The maximum Gasteiger partial charge on any atom is 0.150 e. The van der Waals surface area contributed by atoms with E-state index in [0.717, 1.165) is 45.3 Å². The van der Waals surface area contributed by atoms with Crippen molar-refractivity contribution < 1.29 is 13.3 Å². The van der Waals surface area contributed by atoms with Crippen LogP contribution in [0, 0.1) is 5.92 Å². The number of nitrogens with one attached hydrogen (secondary N) is 3. The zero-order valence-corrected chi connectivity index (χ0v) is 14.9. The monoisotopic (exact) mass is 345 g/mol. The fourth-order valence-electron chi connectivity index (χ4n) is 4.28. The molecular weight excluding hydrogens is 314 g/mol. The third kappa shape index (κ3) is 4.89. The molecule has 3 rings (SSSR count). The lowest BCUT2D eigenvalue weighted by Gasteiger charge is -2.39. The van der Waals surface area contributed by atoms with Crippen LogP contribution in [0.4, 0.5) is 0 Å². The number of piperidine rings is 1. The molecule has 0 radical (unpaired) electrons. The van der Waals surface area contributed by atoms with Gasteiger partial charge in [-0.1, -0.05) is 0 Å². The van der Waals surface area contributed by atoms with E-state index in [2.05, 4.69) is 16.1 Å². The lowest BCUT2D eigenvalue weighted by Crippen LogP contribution is -2.55. The molecule has 0 spiro atoms. The van der Waals surface area contributed by atoms with Crippen LogP contribution >= 0.6 is 0 Å². The van der Waals surface area contributed by atoms with E-state index >= 15 is 0 Å². The second-order valence-corrected chi connectivity index (χ2v) is 9.81. The largest absolute Gasteiger partial charge is 0.301 e. The molecule has 134 valence electrons. The van der Waals surface area contributed by atoms with Crippen molar-refractivity contribution in [3.8, 4) is 0 Å². The van der Waals surface area contributed by atoms with Crippen LogP contribution in [0.5, 0.6) is 0 Å². The Labute approximate surface area is 140 Å². The maximum absolute atomic E-state index is 11.7. The molecule has 23 heavy (non-hydrogen) atoms. The fraction of sp³-hybridized carbons (Fsp3) is 1.00. The number of hydrogen-bond acceptors (Lipinski definition) is 6. The van der Waals surface area contributed by atoms with Crippen molar-refractivity contribution in [1.82, 2.24) is 16.1 Å². The van der Waals surface area contributed by atoms with Gasteiger partial charge in [-0.25, -0.2) is 8.42 Å². The van der Waals surface area contributed by atoms with Crippen LogP contribution in [0.2, 0.25) is 0 Å². The van der Waals surface area contributed by atoms with E-state index in [1.165, 1.54) is 25.5 Å². The van der Waals surface area contributed by atoms with Crippen LogP contribution in [-0.4, -0.2) is 51.3 Å². The molecule has 3 atom stereocenters. The Balaban J connectivity index is 1.43. The molecule has 3 unspecified atom stereocenters. The average molecular weight is 346 g/mol. The lowest BCUT2D eigenvalue weighted by molar-refractivity contribution is 0.0864. The summed E-state index contributed by atoms with van der Waals surface area (Å²) in [6.07, 6.45) is 10.2. The van der Waals surface area contributed by atoms with Crippen LogP contribution in [0.1, 0.15) is 51.4 Å². The Hall–Kier alpha value is -0.210. The molecule has 3 N–H and O–H groups in total. The molecular formula is C16H31N3O3S. The van der Waals surface area contributed by atoms with Gasteiger partial charge in [-0.2, -0.15) is 5.48 Å². The normalized spacial score (nSPS) is 39.4. The zero-order chi connectivity index (χ0) is 16.3. The molecule has 0 aromatic rings. The number of hydrogen-bond donors (Lipinski definition) is 3. The summed E-state index contributed by atoms with van der Waals surface area (Å²) in [5.74, 6) is 0.630. The summed E-state index contributed by atoms with van der Waals surface area (Å²) >= 11 is 0. The van der Waals surface area contributed by atoms with Gasteiger partial charge in [-0.3, -0.25) is 5.32 Å². The molecule has 0 aromatic heterocycles. The first-order chi connectivity index (χ1) is 11.0. The summed E-state index contributed by atoms with van der Waals surface area (Å²) in [6, 6.07) is 0.955. The van der Waals surface area contributed by atoms with Crippen molar-refractivity contribution in [2.75, 3.05) is 19.4 Å². The maximum atomic E-state index is 11.7. The van der Waals surface area contributed by atoms with Gasteiger partial charge >= 0.3 is 0 Å². The van der Waals surface area contributed by atoms with Gasteiger partial charge in [-0.15, -0.1) is 0 Å². The van der Waals surface area contributed by atoms with E-state index in [9.17, 15) is 8.42 Å². The van der Waals surface area contributed by atoms with E-state index in [1.54, 1.807) is 0 Å². The van der Waals surface area contributed by atoms with Crippen LogP contribution in [0.15, 0.2) is 0 Å². The molecule has 0 bridgehead atoms. The Morgan fingerprint density at radius 1 is 1.09 bits per heavy atom. The van der Waals surface area contributed by atoms with Crippen LogP contribution < -0.4 is 16.1 Å². The predicted octanol–water partition coefficient (Wildman–Crippen LogP) is 0.941. The highest BCUT2D eigenvalue weighted by Gasteiger charge is 2.34. The molecule has 2 aliphatic heterocycles. The molecule has 1 saturated carbocycles. The van der Waals surface area contributed by atoms with Gasteiger partial charge in [-0.05, 0) is 57.3 Å². The molecule has 0 aromatic carbocycles. The van der Waals surface area contributed by atoms with Gasteiger partial charge < -0.3 is 10.2 Å². The highest BCUT2D eigenvalue weighted by atomic mass is 32.2. The second-order valence-electron chi connectivity index (χ2n) is 7.48. The molecule has 2 saturated heterocycles. The van der Waals surface area contributed by atoms with Crippen molar-refractivity contribution in [2.45, 2.75) is 74.9 Å². The summed E-state index contributed by atoms with van der Waals surface area (Å²) in [4.78, 5) is 5.19. The summed E-state index contributed by atoms with van der Waals surface area (Å²) in [5.41, 5.74) is 3.04. The van der Waals surface area contributed by atoms with Crippen LogP contribution in [-0.2, 0) is 14.7 Å². The SMILES string of the molecule is CS(=O)(=O)C1CCC(C2CCCC(NCC3CCON3)N2)CC1. The quantitative estimate of drug-likeness (QED) is 0.688. The summed E-state index contributed by atoms with van der Waals surface area (Å²) in [7, 11) is -2.86. The molecule has 7 heteroatoms. The van der Waals surface area contributed by atoms with Crippen LogP contribution in [0.25, 0.3) is 0 Å². The van der Waals surface area contributed by atoms with Crippen molar-refractivity contribution >= 4 is 9.84 Å². The number of rotatable bonds is 5. The van der Waals surface area contributed by atoms with E-state index in [4.69, 9.17) is 4.84 Å². The van der Waals surface area contributed by atoms with Crippen molar-refractivity contribution in [3.63, 3.8) is 0 Å². The zero-order valence-electron chi connectivity index (χ0n) is 14.1. The third-order valence-electron chi connectivity index (χ3n) is 5.75. The number of sulfone groups is 1. The Morgan fingerprint density at radius 3 is 2.52 bits per heavy atom. The van der Waals surface area contributed by atoms with Crippen LogP contribution in [0.3, 0.4) is 0 Å². The van der Waals surface area contributed by atoms with Gasteiger partial charge in [0.25, 0.3) is 0 Å². The minimum atomic E-state index is -2.86. The molecule has 0 amide bonds. The highest BCUT2D eigenvalue weighted by molar-refractivity contribution is 7.91. The summed E-state index contributed by atoms with van der Waals surface area (Å²) < 4.78 is 23.4. The third-order valence-corrected chi connectivity index (χ3v) is 7.43. The molecule has 3 aliphatic rings. The molecule has 6 nitrogen and oxygen atoms in total. The van der Waals surface area contributed by atoms with E-state index in [-0.39, 0.29) is 5.25 Å². The van der Waals surface area contributed by atoms with E-state index < -0.39 is 9.84 Å². The lowest BCUT2D eigenvalue weighted by atomic mass is 9.80. The molecule has 3 fully saturated rings. The number of hydroxylamine groups is 1. The first kappa shape index (κ1) is 17.6. The Kier molecular flexibility index (Phi) is 5.96. The summed E-state index contributed by atoms with van der Waals surface area (Å²) in [5, 5.41) is 7.28. The molecule has 1 aliphatic carbocycles. The van der Waals surface area contributed by atoms with Gasteiger partial charge in [0.1, 0.15) is 9.84 Å². The van der Waals surface area contributed by atoms with Gasteiger partial charge in [0.05, 0.1) is 18.0 Å². The van der Waals surface area contributed by atoms with Gasteiger partial charge in [0.2, 0.25) is 0 Å². The topological polar surface area (TPSA) is 79.5 Å².